The normalized spacial score (nSPS) is 12.2. The molecule has 0 aliphatic rings. The maximum Gasteiger partial charge on any atom is 0.245 e. The number of methoxy groups -OCH3 is 1. The van der Waals surface area contributed by atoms with Gasteiger partial charge in [0.25, 0.3) is 0 Å². The van der Waals surface area contributed by atoms with Gasteiger partial charge in [-0.15, -0.1) is 0 Å². The Balaban J connectivity index is 1.97. The molecule has 2 N–H and O–H groups in total. The second-order valence-electron chi connectivity index (χ2n) is 7.61. The Morgan fingerprint density at radius 3 is 2.45 bits per heavy atom. The molecule has 3 aromatic carbocycles. The fourth-order valence-electron chi connectivity index (χ4n) is 3.56. The monoisotopic (exact) mass is 486 g/mol. The van der Waals surface area contributed by atoms with Crippen molar-refractivity contribution in [1.82, 2.24) is 4.72 Å². The van der Waals surface area contributed by atoms with Gasteiger partial charge in [-0.3, -0.25) is 4.79 Å². The van der Waals surface area contributed by atoms with Crippen LogP contribution in [0.25, 0.3) is 0 Å². The molecule has 1 unspecified atom stereocenters. The minimum Gasteiger partial charge on any atom is -0.495 e. The van der Waals surface area contributed by atoms with Crippen molar-refractivity contribution >= 4 is 33.2 Å². The molecule has 174 valence electrons. The first-order valence-electron chi connectivity index (χ1n) is 10.5. The van der Waals surface area contributed by atoms with E-state index >= 15 is 0 Å². The molecule has 0 aliphatic heterocycles. The summed E-state index contributed by atoms with van der Waals surface area (Å²) < 4.78 is 34.3. The summed E-state index contributed by atoms with van der Waals surface area (Å²) >= 11 is 6.04. The van der Waals surface area contributed by atoms with Crippen LogP contribution < -0.4 is 14.8 Å². The number of rotatable bonds is 9. The van der Waals surface area contributed by atoms with Gasteiger partial charge in [-0.05, 0) is 54.7 Å². The van der Waals surface area contributed by atoms with Gasteiger partial charge in [-0.1, -0.05) is 67.1 Å². The van der Waals surface area contributed by atoms with Gasteiger partial charge in [-0.2, -0.15) is 4.72 Å². The van der Waals surface area contributed by atoms with E-state index in [9.17, 15) is 13.2 Å². The van der Waals surface area contributed by atoms with Gasteiger partial charge in [0.15, 0.2) is 0 Å². The number of anilines is 1. The van der Waals surface area contributed by atoms with E-state index in [2.05, 4.69) is 10.0 Å². The van der Waals surface area contributed by atoms with Crippen LogP contribution in [0.5, 0.6) is 5.75 Å². The molecule has 0 radical (unpaired) electrons. The fourth-order valence-corrected chi connectivity index (χ4v) is 5.19. The Hall–Kier alpha value is -2.87. The maximum absolute atomic E-state index is 13.4. The highest BCUT2D eigenvalue weighted by Gasteiger charge is 2.29. The highest BCUT2D eigenvalue weighted by molar-refractivity contribution is 7.89. The smallest absolute Gasteiger partial charge is 0.245 e. The minimum absolute atomic E-state index is 0.131. The summed E-state index contributed by atoms with van der Waals surface area (Å²) in [6, 6.07) is 18.3. The number of sulfonamides is 1. The van der Waals surface area contributed by atoms with Gasteiger partial charge >= 0.3 is 0 Å². The molecule has 0 aliphatic carbocycles. The SMILES string of the molecule is CCc1cccc(C)c1NC(=O)C(Cc1ccccc1)NS(=O)(=O)c1cc(Cl)ccc1OC. The van der Waals surface area contributed by atoms with Gasteiger partial charge in [0.2, 0.25) is 15.9 Å². The molecule has 0 fully saturated rings. The number of para-hydroxylation sites is 1. The van der Waals surface area contributed by atoms with Crippen LogP contribution >= 0.6 is 11.6 Å². The number of ether oxygens (including phenoxy) is 1. The minimum atomic E-state index is -4.13. The van der Waals surface area contributed by atoms with Crippen LogP contribution in [0.3, 0.4) is 0 Å². The number of halogens is 1. The third-order valence-electron chi connectivity index (χ3n) is 5.30. The van der Waals surface area contributed by atoms with E-state index in [1.54, 1.807) is 0 Å². The molecule has 0 saturated carbocycles. The van der Waals surface area contributed by atoms with Crippen molar-refractivity contribution in [2.24, 2.45) is 0 Å². The van der Waals surface area contributed by atoms with Gasteiger partial charge in [0.05, 0.1) is 7.11 Å². The van der Waals surface area contributed by atoms with Crippen LogP contribution in [-0.2, 0) is 27.7 Å². The summed E-state index contributed by atoms with van der Waals surface area (Å²) in [6.45, 7) is 3.90. The average molecular weight is 487 g/mol. The number of carbonyl (C=O) groups is 1. The lowest BCUT2D eigenvalue weighted by Crippen LogP contribution is -2.45. The first-order valence-corrected chi connectivity index (χ1v) is 12.4. The quantitative estimate of drug-likeness (QED) is 0.457. The molecule has 3 aromatic rings. The highest BCUT2D eigenvalue weighted by Crippen LogP contribution is 2.28. The Morgan fingerprint density at radius 1 is 1.06 bits per heavy atom. The third kappa shape index (κ3) is 6.13. The zero-order valence-electron chi connectivity index (χ0n) is 18.8. The molecule has 0 heterocycles. The molecular formula is C25H27ClN2O4S. The van der Waals surface area contributed by atoms with Gasteiger partial charge in [0.1, 0.15) is 16.7 Å². The third-order valence-corrected chi connectivity index (χ3v) is 7.03. The summed E-state index contributed by atoms with van der Waals surface area (Å²) in [7, 11) is -2.75. The molecule has 6 nitrogen and oxygen atoms in total. The van der Waals surface area contributed by atoms with Crippen molar-refractivity contribution < 1.29 is 17.9 Å². The number of carbonyl (C=O) groups excluding carboxylic acids is 1. The van der Waals surface area contributed by atoms with Gasteiger partial charge in [0, 0.05) is 10.7 Å². The van der Waals surface area contributed by atoms with Crippen molar-refractivity contribution in [2.75, 3.05) is 12.4 Å². The number of aryl methyl sites for hydroxylation is 2. The lowest BCUT2D eigenvalue weighted by molar-refractivity contribution is -0.117. The number of amides is 1. The topological polar surface area (TPSA) is 84.5 Å². The first kappa shape index (κ1) is 24.8. The molecule has 1 amide bonds. The molecule has 0 bridgehead atoms. The van der Waals surface area contributed by atoms with Crippen molar-refractivity contribution in [3.63, 3.8) is 0 Å². The predicted octanol–water partition coefficient (Wildman–Crippen LogP) is 4.75. The number of hydrogen-bond acceptors (Lipinski definition) is 4. The van der Waals surface area contributed by atoms with Gasteiger partial charge < -0.3 is 10.1 Å². The van der Waals surface area contributed by atoms with Crippen LogP contribution in [0.4, 0.5) is 5.69 Å². The van der Waals surface area contributed by atoms with Crippen molar-refractivity contribution in [3.8, 4) is 5.75 Å². The molecule has 0 saturated heterocycles. The standard InChI is InChI=1S/C25H27ClN2O4S/c1-4-19-12-8-9-17(2)24(19)27-25(29)21(15-18-10-6-5-7-11-18)28-33(30,31)23-16-20(26)13-14-22(23)32-3/h5-14,16,21,28H,4,15H2,1-3H3,(H,27,29). The van der Waals surface area contributed by atoms with E-state index < -0.39 is 22.0 Å². The number of hydrogen-bond donors (Lipinski definition) is 2. The van der Waals surface area contributed by atoms with E-state index in [0.29, 0.717) is 5.69 Å². The fraction of sp³-hybridized carbons (Fsp3) is 0.240. The second kappa shape index (κ2) is 10.8. The Kier molecular flexibility index (Phi) is 8.13. The zero-order chi connectivity index (χ0) is 24.0. The number of benzene rings is 3. The van der Waals surface area contributed by atoms with E-state index in [1.165, 1.54) is 25.3 Å². The van der Waals surface area contributed by atoms with Crippen molar-refractivity contribution in [1.29, 1.82) is 0 Å². The van der Waals surface area contributed by atoms with E-state index in [-0.39, 0.29) is 22.1 Å². The zero-order valence-corrected chi connectivity index (χ0v) is 20.3. The lowest BCUT2D eigenvalue weighted by Gasteiger charge is -2.21. The summed E-state index contributed by atoms with van der Waals surface area (Å²) in [4.78, 5) is 13.2. The first-order chi connectivity index (χ1) is 15.7. The van der Waals surface area contributed by atoms with E-state index in [4.69, 9.17) is 16.3 Å². The Bertz CT molecular complexity index is 1230. The van der Waals surface area contributed by atoms with E-state index in [1.807, 2.05) is 62.4 Å². The predicted molar refractivity (Wildman–Crippen MR) is 131 cm³/mol. The summed E-state index contributed by atoms with van der Waals surface area (Å²) in [5.41, 5.74) is 3.39. The van der Waals surface area contributed by atoms with Gasteiger partial charge in [-0.25, -0.2) is 8.42 Å². The Morgan fingerprint density at radius 2 is 1.79 bits per heavy atom. The second-order valence-corrected chi connectivity index (χ2v) is 9.73. The van der Waals surface area contributed by atoms with Crippen LogP contribution in [-0.4, -0.2) is 27.5 Å². The Labute approximate surface area is 200 Å². The van der Waals surface area contributed by atoms with E-state index in [0.717, 1.165) is 23.1 Å². The number of nitrogens with one attached hydrogen (secondary N) is 2. The maximum atomic E-state index is 13.4. The molecule has 0 spiro atoms. The van der Waals surface area contributed by atoms with Crippen LogP contribution in [0.2, 0.25) is 5.02 Å². The van der Waals surface area contributed by atoms with Crippen molar-refractivity contribution in [2.45, 2.75) is 37.6 Å². The van der Waals surface area contributed by atoms with Crippen LogP contribution in [0, 0.1) is 6.92 Å². The van der Waals surface area contributed by atoms with Crippen LogP contribution in [0.1, 0.15) is 23.6 Å². The average Bonchev–Trinajstić information content (AvgIpc) is 2.80. The molecule has 0 aromatic heterocycles. The molecule has 8 heteroatoms. The largest absolute Gasteiger partial charge is 0.495 e. The summed E-state index contributed by atoms with van der Waals surface area (Å²) in [5, 5.41) is 3.18. The summed E-state index contributed by atoms with van der Waals surface area (Å²) in [6.07, 6.45) is 0.897. The molecule has 1 atom stereocenters. The highest BCUT2D eigenvalue weighted by atomic mass is 35.5. The molecule has 33 heavy (non-hydrogen) atoms. The summed E-state index contributed by atoms with van der Waals surface area (Å²) in [5.74, 6) is -0.314. The molecule has 3 rings (SSSR count). The lowest BCUT2D eigenvalue weighted by atomic mass is 10.0. The van der Waals surface area contributed by atoms with Crippen molar-refractivity contribution in [3.05, 3.63) is 88.4 Å². The van der Waals surface area contributed by atoms with Crippen LogP contribution in [0.15, 0.2) is 71.6 Å². The molecular weight excluding hydrogens is 460 g/mol.